The molecule has 3 N–H and O–H groups in total. The molecule has 7 heteroatoms. The van der Waals surface area contributed by atoms with Crippen molar-refractivity contribution < 1.29 is 29.3 Å². The standard InChI is InChI=1S/C12H21NO6/c1-7(2)4-8(12(18)19-3)5-10(15)13-9(6-14)11(16)17/h7-9,14H,4-6H2,1-3H3,(H,13,15)(H,16,17)/t8-,9-/m1/s1. The largest absolute Gasteiger partial charge is 0.480 e. The first-order valence-corrected chi connectivity index (χ1v) is 6.02. The first-order valence-electron chi connectivity index (χ1n) is 6.02. The van der Waals surface area contributed by atoms with Gasteiger partial charge in [-0.25, -0.2) is 4.79 Å². The van der Waals surface area contributed by atoms with Crippen molar-refractivity contribution in [3.63, 3.8) is 0 Å². The van der Waals surface area contributed by atoms with Crippen molar-refractivity contribution in [3.8, 4) is 0 Å². The molecule has 7 nitrogen and oxygen atoms in total. The lowest BCUT2D eigenvalue weighted by Gasteiger charge is -2.18. The average Bonchev–Trinajstić information content (AvgIpc) is 2.33. The van der Waals surface area contributed by atoms with Crippen LogP contribution in [0.4, 0.5) is 0 Å². The van der Waals surface area contributed by atoms with Gasteiger partial charge < -0.3 is 20.3 Å². The molecular formula is C12H21NO6. The van der Waals surface area contributed by atoms with Crippen molar-refractivity contribution in [2.24, 2.45) is 11.8 Å². The molecule has 1 amide bonds. The van der Waals surface area contributed by atoms with Crippen LogP contribution in [0.3, 0.4) is 0 Å². The van der Waals surface area contributed by atoms with Gasteiger partial charge in [0.05, 0.1) is 19.6 Å². The average molecular weight is 275 g/mol. The number of hydrogen-bond acceptors (Lipinski definition) is 5. The Morgan fingerprint density at radius 3 is 2.21 bits per heavy atom. The molecule has 0 rings (SSSR count). The Labute approximate surface area is 111 Å². The van der Waals surface area contributed by atoms with Crippen LogP contribution in [0.2, 0.25) is 0 Å². The van der Waals surface area contributed by atoms with Crippen LogP contribution in [-0.4, -0.2) is 47.8 Å². The zero-order valence-corrected chi connectivity index (χ0v) is 11.4. The molecule has 110 valence electrons. The molecule has 0 bridgehead atoms. The monoisotopic (exact) mass is 275 g/mol. The number of aliphatic carboxylic acids is 1. The lowest BCUT2D eigenvalue weighted by Crippen LogP contribution is -2.44. The fourth-order valence-corrected chi connectivity index (χ4v) is 1.66. The predicted molar refractivity (Wildman–Crippen MR) is 66.2 cm³/mol. The second-order valence-electron chi connectivity index (χ2n) is 4.69. The summed E-state index contributed by atoms with van der Waals surface area (Å²) in [6.07, 6.45) is 0.311. The van der Waals surface area contributed by atoms with Crippen LogP contribution in [0.25, 0.3) is 0 Å². The molecule has 0 aromatic carbocycles. The highest BCUT2D eigenvalue weighted by Gasteiger charge is 2.26. The van der Waals surface area contributed by atoms with Crippen molar-refractivity contribution in [1.29, 1.82) is 0 Å². The second-order valence-corrected chi connectivity index (χ2v) is 4.69. The molecule has 0 aliphatic heterocycles. The van der Waals surface area contributed by atoms with Gasteiger partial charge in [-0.05, 0) is 12.3 Å². The first-order chi connectivity index (χ1) is 8.81. The number of carbonyl (C=O) groups is 3. The molecule has 0 heterocycles. The third-order valence-electron chi connectivity index (χ3n) is 2.54. The molecular weight excluding hydrogens is 254 g/mol. The quantitative estimate of drug-likeness (QED) is 0.527. The van der Waals surface area contributed by atoms with E-state index >= 15 is 0 Å². The summed E-state index contributed by atoms with van der Waals surface area (Å²) in [7, 11) is 1.24. The molecule has 0 aliphatic rings. The smallest absolute Gasteiger partial charge is 0.328 e. The molecule has 0 aliphatic carbocycles. The van der Waals surface area contributed by atoms with Crippen LogP contribution >= 0.6 is 0 Å². The predicted octanol–water partition coefficient (Wildman–Crippen LogP) is -0.226. The summed E-state index contributed by atoms with van der Waals surface area (Å²) in [6, 6.07) is -1.36. The molecule has 2 atom stereocenters. The van der Waals surface area contributed by atoms with E-state index in [0.29, 0.717) is 6.42 Å². The van der Waals surface area contributed by atoms with E-state index in [0.717, 1.165) is 0 Å². The number of methoxy groups -OCH3 is 1. The summed E-state index contributed by atoms with van der Waals surface area (Å²) in [4.78, 5) is 33.8. The van der Waals surface area contributed by atoms with Crippen molar-refractivity contribution in [3.05, 3.63) is 0 Å². The molecule has 19 heavy (non-hydrogen) atoms. The van der Waals surface area contributed by atoms with Gasteiger partial charge in [0.25, 0.3) is 0 Å². The van der Waals surface area contributed by atoms with Crippen LogP contribution in [0.15, 0.2) is 0 Å². The van der Waals surface area contributed by atoms with Gasteiger partial charge in [0, 0.05) is 6.42 Å². The van der Waals surface area contributed by atoms with Gasteiger partial charge in [-0.2, -0.15) is 0 Å². The van der Waals surface area contributed by atoms with Gasteiger partial charge in [-0.1, -0.05) is 13.8 Å². The van der Waals surface area contributed by atoms with Crippen LogP contribution in [0.1, 0.15) is 26.7 Å². The summed E-state index contributed by atoms with van der Waals surface area (Å²) in [5, 5.41) is 19.6. The normalized spacial score (nSPS) is 13.7. The Morgan fingerprint density at radius 2 is 1.84 bits per heavy atom. The van der Waals surface area contributed by atoms with E-state index in [2.05, 4.69) is 10.1 Å². The number of aliphatic hydroxyl groups is 1. The Kier molecular flexibility index (Phi) is 7.74. The fraction of sp³-hybridized carbons (Fsp3) is 0.750. The van der Waals surface area contributed by atoms with Gasteiger partial charge in [-0.3, -0.25) is 9.59 Å². The van der Waals surface area contributed by atoms with Gasteiger partial charge in [0.15, 0.2) is 0 Å². The highest BCUT2D eigenvalue weighted by molar-refractivity contribution is 5.86. The molecule has 0 spiro atoms. The number of esters is 1. The lowest BCUT2D eigenvalue weighted by molar-refractivity contribution is -0.148. The van der Waals surface area contributed by atoms with E-state index in [1.165, 1.54) is 7.11 Å². The minimum Gasteiger partial charge on any atom is -0.480 e. The number of carboxylic acids is 1. The van der Waals surface area contributed by atoms with Gasteiger partial charge in [0.2, 0.25) is 5.91 Å². The Hall–Kier alpha value is -1.63. The van der Waals surface area contributed by atoms with Crippen molar-refractivity contribution >= 4 is 17.8 Å². The molecule has 0 radical (unpaired) electrons. The molecule has 0 saturated carbocycles. The van der Waals surface area contributed by atoms with Crippen molar-refractivity contribution in [2.45, 2.75) is 32.7 Å². The number of carboxylic acid groups (broad SMARTS) is 1. The van der Waals surface area contributed by atoms with Crippen LogP contribution < -0.4 is 5.32 Å². The molecule has 0 aromatic heterocycles. The number of ether oxygens (including phenoxy) is 1. The van der Waals surface area contributed by atoms with Crippen LogP contribution in [0.5, 0.6) is 0 Å². The van der Waals surface area contributed by atoms with E-state index in [-0.39, 0.29) is 12.3 Å². The second kappa shape index (κ2) is 8.47. The number of carbonyl (C=O) groups excluding carboxylic acids is 2. The SMILES string of the molecule is COC(=O)[C@@H](CC(=O)N[C@H](CO)C(=O)O)CC(C)C. The zero-order valence-electron chi connectivity index (χ0n) is 11.4. The lowest BCUT2D eigenvalue weighted by atomic mass is 9.94. The summed E-state index contributed by atoms with van der Waals surface area (Å²) < 4.78 is 4.61. The highest BCUT2D eigenvalue weighted by Crippen LogP contribution is 2.17. The number of hydrogen-bond donors (Lipinski definition) is 3. The first kappa shape index (κ1) is 17.4. The third kappa shape index (κ3) is 6.76. The minimum atomic E-state index is -1.36. The molecule has 0 saturated heterocycles. The van der Waals surface area contributed by atoms with Gasteiger partial charge in [-0.15, -0.1) is 0 Å². The van der Waals surface area contributed by atoms with E-state index in [1.54, 1.807) is 0 Å². The van der Waals surface area contributed by atoms with Crippen molar-refractivity contribution in [1.82, 2.24) is 5.32 Å². The topological polar surface area (TPSA) is 113 Å². The van der Waals surface area contributed by atoms with Gasteiger partial charge >= 0.3 is 11.9 Å². The van der Waals surface area contributed by atoms with E-state index in [4.69, 9.17) is 10.2 Å². The number of rotatable bonds is 8. The Morgan fingerprint density at radius 1 is 1.26 bits per heavy atom. The minimum absolute atomic E-state index is 0.158. The third-order valence-corrected chi connectivity index (χ3v) is 2.54. The molecule has 0 fully saturated rings. The van der Waals surface area contributed by atoms with E-state index in [1.807, 2.05) is 13.8 Å². The molecule has 0 aromatic rings. The summed E-state index contributed by atoms with van der Waals surface area (Å²) >= 11 is 0. The Balaban J connectivity index is 4.53. The fourth-order valence-electron chi connectivity index (χ4n) is 1.66. The van der Waals surface area contributed by atoms with E-state index in [9.17, 15) is 14.4 Å². The summed E-state index contributed by atoms with van der Waals surface area (Å²) in [5.74, 6) is -2.84. The Bertz CT molecular complexity index is 328. The van der Waals surface area contributed by atoms with E-state index < -0.39 is 36.4 Å². The highest BCUT2D eigenvalue weighted by atomic mass is 16.5. The number of aliphatic hydroxyl groups excluding tert-OH is 1. The number of nitrogens with one attached hydrogen (secondary N) is 1. The molecule has 0 unspecified atom stereocenters. The van der Waals surface area contributed by atoms with Crippen LogP contribution in [-0.2, 0) is 19.1 Å². The van der Waals surface area contributed by atoms with Crippen LogP contribution in [0, 0.1) is 11.8 Å². The number of amides is 1. The summed E-state index contributed by atoms with van der Waals surface area (Å²) in [5.41, 5.74) is 0. The summed E-state index contributed by atoms with van der Waals surface area (Å²) in [6.45, 7) is 3.11. The van der Waals surface area contributed by atoms with Gasteiger partial charge in [0.1, 0.15) is 6.04 Å². The zero-order chi connectivity index (χ0) is 15.0. The maximum absolute atomic E-state index is 11.6. The van der Waals surface area contributed by atoms with Crippen molar-refractivity contribution in [2.75, 3.05) is 13.7 Å². The maximum Gasteiger partial charge on any atom is 0.328 e. The maximum atomic E-state index is 11.6.